The number of rotatable bonds is 6. The number of aryl methyl sites for hydroxylation is 1. The average Bonchev–Trinajstić information content (AvgIpc) is 3.02. The summed E-state index contributed by atoms with van der Waals surface area (Å²) < 4.78 is 11.4. The fourth-order valence-electron chi connectivity index (χ4n) is 6.31. The molecule has 1 fully saturated rings. The first kappa shape index (κ1) is 25.3. The smallest absolute Gasteiger partial charge is 0.337 e. The minimum absolute atomic E-state index is 0.100. The molecule has 0 amide bonds. The zero-order valence-electron chi connectivity index (χ0n) is 20.5. The van der Waals surface area contributed by atoms with Crippen molar-refractivity contribution in [3.63, 3.8) is 0 Å². The van der Waals surface area contributed by atoms with Crippen molar-refractivity contribution in [2.75, 3.05) is 38.3 Å². The Bertz CT molecular complexity index is 1130. The Morgan fingerprint density at radius 2 is 2.08 bits per heavy atom. The Morgan fingerprint density at radius 3 is 2.81 bits per heavy atom. The first-order valence-corrected chi connectivity index (χ1v) is 13.1. The van der Waals surface area contributed by atoms with Crippen LogP contribution in [-0.2, 0) is 16.6 Å². The van der Waals surface area contributed by atoms with Gasteiger partial charge in [0.15, 0.2) is 0 Å². The first-order valence-electron chi connectivity index (χ1n) is 12.7. The van der Waals surface area contributed by atoms with Gasteiger partial charge in [-0.25, -0.2) is 4.79 Å². The van der Waals surface area contributed by atoms with Crippen LogP contribution in [0.3, 0.4) is 0 Å². The van der Waals surface area contributed by atoms with E-state index in [2.05, 4.69) is 17.0 Å². The minimum Gasteiger partial charge on any atom is -0.490 e. The third kappa shape index (κ3) is 4.58. The van der Waals surface area contributed by atoms with Gasteiger partial charge >= 0.3 is 5.97 Å². The molecule has 0 radical (unpaired) electrons. The SMILES string of the molecule is COC(=O)c1ccc2c(c1)N(C[C@@H]1CC[C@H]1[C@@H](O)C(O)CO)C[C@@]1(CCCc3cc(Cl)ccc31)CO2. The monoisotopic (exact) mass is 515 g/mol. The number of carbonyl (C=O) groups excluding carboxylic acids is 1. The van der Waals surface area contributed by atoms with Crippen molar-refractivity contribution in [2.24, 2.45) is 11.8 Å². The van der Waals surface area contributed by atoms with E-state index in [4.69, 9.17) is 21.1 Å². The van der Waals surface area contributed by atoms with Crippen molar-refractivity contribution in [3.05, 3.63) is 58.1 Å². The number of fused-ring (bicyclic) bond motifs is 3. The largest absolute Gasteiger partial charge is 0.490 e. The third-order valence-corrected chi connectivity index (χ3v) is 8.64. The van der Waals surface area contributed by atoms with Gasteiger partial charge in [0.25, 0.3) is 0 Å². The highest BCUT2D eigenvalue weighted by molar-refractivity contribution is 6.30. The van der Waals surface area contributed by atoms with Crippen molar-refractivity contribution < 1.29 is 29.6 Å². The van der Waals surface area contributed by atoms with Crippen molar-refractivity contribution in [3.8, 4) is 5.75 Å². The summed E-state index contributed by atoms with van der Waals surface area (Å²) in [7, 11) is 1.37. The molecule has 194 valence electrons. The lowest BCUT2D eigenvalue weighted by molar-refractivity contribution is -0.0805. The highest BCUT2D eigenvalue weighted by Crippen LogP contribution is 2.46. The van der Waals surface area contributed by atoms with Crippen LogP contribution in [0, 0.1) is 11.8 Å². The van der Waals surface area contributed by atoms with Gasteiger partial charge in [0.2, 0.25) is 0 Å². The maximum absolute atomic E-state index is 12.3. The minimum atomic E-state index is -1.15. The number of methoxy groups -OCH3 is 1. The topological polar surface area (TPSA) is 99.5 Å². The van der Waals surface area contributed by atoms with E-state index in [9.17, 15) is 20.1 Å². The first-order chi connectivity index (χ1) is 17.3. The van der Waals surface area contributed by atoms with E-state index >= 15 is 0 Å². The number of esters is 1. The molecule has 0 bridgehead atoms. The molecule has 2 aromatic carbocycles. The molecule has 5 rings (SSSR count). The number of ether oxygens (including phenoxy) is 2. The lowest BCUT2D eigenvalue weighted by Gasteiger charge is -2.46. The molecule has 1 saturated carbocycles. The summed E-state index contributed by atoms with van der Waals surface area (Å²) in [5, 5.41) is 30.7. The van der Waals surface area contributed by atoms with Crippen LogP contribution in [0.4, 0.5) is 5.69 Å². The van der Waals surface area contributed by atoms with Crippen LogP contribution in [-0.4, -0.2) is 66.9 Å². The van der Waals surface area contributed by atoms with E-state index in [0.29, 0.717) is 31.0 Å². The number of hydrogen-bond donors (Lipinski definition) is 3. The zero-order valence-corrected chi connectivity index (χ0v) is 21.3. The van der Waals surface area contributed by atoms with Gasteiger partial charge in [-0.15, -0.1) is 0 Å². The molecule has 0 aromatic heterocycles. The fourth-order valence-corrected chi connectivity index (χ4v) is 6.50. The van der Waals surface area contributed by atoms with Gasteiger partial charge in [0, 0.05) is 23.5 Å². The highest BCUT2D eigenvalue weighted by atomic mass is 35.5. The summed E-state index contributed by atoms with van der Waals surface area (Å²) in [6.07, 6.45) is 2.58. The van der Waals surface area contributed by atoms with Crippen LogP contribution in [0.1, 0.15) is 47.2 Å². The lowest BCUT2D eigenvalue weighted by atomic mass is 9.68. The van der Waals surface area contributed by atoms with E-state index < -0.39 is 24.8 Å². The van der Waals surface area contributed by atoms with Crippen molar-refractivity contribution >= 4 is 23.3 Å². The number of hydrogen-bond acceptors (Lipinski definition) is 7. The van der Waals surface area contributed by atoms with Crippen LogP contribution >= 0.6 is 11.6 Å². The van der Waals surface area contributed by atoms with Gasteiger partial charge in [-0.1, -0.05) is 17.7 Å². The third-order valence-electron chi connectivity index (χ3n) is 8.41. The number of nitrogens with zero attached hydrogens (tertiary/aromatic N) is 1. The van der Waals surface area contributed by atoms with E-state index in [1.807, 2.05) is 18.2 Å². The average molecular weight is 516 g/mol. The zero-order chi connectivity index (χ0) is 25.4. The number of aliphatic hydroxyl groups is 3. The number of carbonyl (C=O) groups is 1. The second-order valence-corrected chi connectivity index (χ2v) is 11.0. The standard InChI is InChI=1S/C28H34ClNO6/c1-35-27(34)18-5-9-25-23(12-18)30(13-19-4-7-21(19)26(33)24(32)14-31)15-28(16-36-25)10-2-3-17-11-20(29)6-8-22(17)28/h5-6,8-9,11-12,19,21,24,26,31-33H,2-4,7,10,13-16H2,1H3/t19-,21+,24?,26+,28-/m0/s1. The Balaban J connectivity index is 1.52. The molecule has 3 aliphatic rings. The summed E-state index contributed by atoms with van der Waals surface area (Å²) in [5.74, 6) is 0.348. The molecule has 1 unspecified atom stereocenters. The van der Waals surface area contributed by atoms with Crippen LogP contribution in [0.5, 0.6) is 5.75 Å². The van der Waals surface area contributed by atoms with Gasteiger partial charge < -0.3 is 29.7 Å². The molecule has 5 atom stereocenters. The predicted octanol–water partition coefficient (Wildman–Crippen LogP) is 3.34. The lowest BCUT2D eigenvalue weighted by Crippen LogP contribution is -2.51. The Labute approximate surface area is 216 Å². The van der Waals surface area contributed by atoms with E-state index in [1.165, 1.54) is 18.2 Å². The van der Waals surface area contributed by atoms with E-state index in [-0.39, 0.29) is 17.3 Å². The summed E-state index contributed by atoms with van der Waals surface area (Å²) in [5.41, 5.74) is 3.55. The summed E-state index contributed by atoms with van der Waals surface area (Å²) in [6.45, 7) is 1.39. The summed E-state index contributed by atoms with van der Waals surface area (Å²) in [4.78, 5) is 14.6. The number of halogens is 1. The molecule has 1 heterocycles. The maximum atomic E-state index is 12.3. The van der Waals surface area contributed by atoms with Crippen LogP contribution in [0.25, 0.3) is 0 Å². The Kier molecular flexibility index (Phi) is 7.18. The van der Waals surface area contributed by atoms with Crippen molar-refractivity contribution in [2.45, 2.75) is 49.7 Å². The number of benzene rings is 2. The summed E-state index contributed by atoms with van der Waals surface area (Å²) in [6, 6.07) is 11.5. The predicted molar refractivity (Wildman–Crippen MR) is 137 cm³/mol. The second kappa shape index (κ2) is 10.2. The molecule has 2 aliphatic carbocycles. The number of aliphatic hydroxyl groups excluding tert-OH is 3. The molecular weight excluding hydrogens is 482 g/mol. The maximum Gasteiger partial charge on any atom is 0.337 e. The molecule has 36 heavy (non-hydrogen) atoms. The Hall–Kier alpha value is -2.32. The van der Waals surface area contributed by atoms with E-state index in [0.717, 1.165) is 42.8 Å². The molecular formula is C28H34ClNO6. The molecule has 3 N–H and O–H groups in total. The highest BCUT2D eigenvalue weighted by Gasteiger charge is 2.45. The van der Waals surface area contributed by atoms with Crippen molar-refractivity contribution in [1.82, 2.24) is 0 Å². The van der Waals surface area contributed by atoms with E-state index in [1.54, 1.807) is 6.07 Å². The van der Waals surface area contributed by atoms with Crippen LogP contribution < -0.4 is 9.64 Å². The van der Waals surface area contributed by atoms with Gasteiger partial charge in [-0.05, 0) is 85.4 Å². The van der Waals surface area contributed by atoms with Gasteiger partial charge in [-0.2, -0.15) is 0 Å². The van der Waals surface area contributed by atoms with Gasteiger partial charge in [0.05, 0.1) is 37.7 Å². The molecule has 1 spiro atoms. The molecule has 0 saturated heterocycles. The summed E-state index contributed by atoms with van der Waals surface area (Å²) >= 11 is 6.33. The van der Waals surface area contributed by atoms with Gasteiger partial charge in [-0.3, -0.25) is 0 Å². The van der Waals surface area contributed by atoms with Crippen molar-refractivity contribution in [1.29, 1.82) is 0 Å². The Morgan fingerprint density at radius 1 is 1.25 bits per heavy atom. The normalized spacial score (nSPS) is 26.6. The number of anilines is 1. The molecule has 1 aliphatic heterocycles. The molecule has 7 nitrogen and oxygen atoms in total. The molecule has 2 aromatic rings. The fraction of sp³-hybridized carbons (Fsp3) is 0.536. The molecule has 8 heteroatoms. The second-order valence-electron chi connectivity index (χ2n) is 10.5. The van der Waals surface area contributed by atoms with Gasteiger partial charge in [0.1, 0.15) is 11.9 Å². The van der Waals surface area contributed by atoms with Crippen LogP contribution in [0.2, 0.25) is 5.02 Å². The van der Waals surface area contributed by atoms with Crippen LogP contribution in [0.15, 0.2) is 36.4 Å². The quantitative estimate of drug-likeness (QED) is 0.507.